The number of thiophene rings is 1. The van der Waals surface area contributed by atoms with Gasteiger partial charge in [-0.1, -0.05) is 11.6 Å². The summed E-state index contributed by atoms with van der Waals surface area (Å²) in [5.41, 5.74) is 11.8. The van der Waals surface area contributed by atoms with Crippen LogP contribution in [0.3, 0.4) is 0 Å². The molecule has 0 aliphatic heterocycles. The van der Waals surface area contributed by atoms with E-state index in [2.05, 4.69) is 9.97 Å². The van der Waals surface area contributed by atoms with E-state index in [0.717, 1.165) is 0 Å². The zero-order chi connectivity index (χ0) is 22.4. The quantitative estimate of drug-likeness (QED) is 0.560. The van der Waals surface area contributed by atoms with E-state index in [4.69, 9.17) is 37.8 Å². The van der Waals surface area contributed by atoms with Crippen molar-refractivity contribution in [1.29, 1.82) is 5.26 Å². The maximum absolute atomic E-state index is 11.2. The lowest BCUT2D eigenvalue weighted by atomic mass is 10.2. The van der Waals surface area contributed by atoms with Crippen LogP contribution in [-0.4, -0.2) is 28.1 Å². The van der Waals surface area contributed by atoms with Gasteiger partial charge < -0.3 is 20.9 Å². The minimum absolute atomic E-state index is 0.0190. The summed E-state index contributed by atoms with van der Waals surface area (Å²) in [7, 11) is 0. The molecule has 10 heteroatoms. The summed E-state index contributed by atoms with van der Waals surface area (Å²) in [5, 5.41) is 9.61. The van der Waals surface area contributed by atoms with Gasteiger partial charge in [-0.2, -0.15) is 5.26 Å². The van der Waals surface area contributed by atoms with E-state index in [9.17, 15) is 4.79 Å². The molecule has 158 valence electrons. The second kappa shape index (κ2) is 10.1. The first kappa shape index (κ1) is 23.2. The number of carbonyl (C=O) groups excluding carboxylic acids is 1. The van der Waals surface area contributed by atoms with Crippen molar-refractivity contribution in [3.05, 3.63) is 40.1 Å². The van der Waals surface area contributed by atoms with Gasteiger partial charge in [0.1, 0.15) is 32.8 Å². The van der Waals surface area contributed by atoms with Gasteiger partial charge >= 0.3 is 0 Å². The summed E-state index contributed by atoms with van der Waals surface area (Å²) in [6.07, 6.45) is 3.18. The van der Waals surface area contributed by atoms with E-state index in [1.165, 1.54) is 17.5 Å². The van der Waals surface area contributed by atoms with Crippen molar-refractivity contribution in [1.82, 2.24) is 9.97 Å². The Labute approximate surface area is 183 Å². The molecule has 0 unspecified atom stereocenters. The van der Waals surface area contributed by atoms with Crippen molar-refractivity contribution in [2.75, 3.05) is 5.73 Å². The summed E-state index contributed by atoms with van der Waals surface area (Å²) in [5.74, 6) is 0.574. The van der Waals surface area contributed by atoms with E-state index in [-0.39, 0.29) is 22.9 Å². The highest BCUT2D eigenvalue weighted by molar-refractivity contribution is 7.21. The van der Waals surface area contributed by atoms with Gasteiger partial charge in [0, 0.05) is 12.4 Å². The molecule has 3 aromatic heterocycles. The number of rotatable bonds is 5. The Kier molecular flexibility index (Phi) is 7.80. The minimum atomic E-state index is -0.541. The average Bonchev–Trinajstić information content (AvgIpc) is 3.00. The summed E-state index contributed by atoms with van der Waals surface area (Å²) in [6, 6.07) is 5.31. The number of hydrogen-bond acceptors (Lipinski definition) is 8. The number of fused-ring (bicyclic) bond motifs is 1. The summed E-state index contributed by atoms with van der Waals surface area (Å²) in [4.78, 5) is 20.1. The van der Waals surface area contributed by atoms with Crippen molar-refractivity contribution in [2.24, 2.45) is 5.73 Å². The van der Waals surface area contributed by atoms with Gasteiger partial charge in [-0.15, -0.1) is 11.3 Å². The van der Waals surface area contributed by atoms with Crippen LogP contribution in [0.5, 0.6) is 11.5 Å². The molecular formula is C20H22ClN5O3S. The highest BCUT2D eigenvalue weighted by Gasteiger charge is 2.18. The van der Waals surface area contributed by atoms with Crippen molar-refractivity contribution >= 4 is 44.7 Å². The molecule has 0 aliphatic carbocycles. The van der Waals surface area contributed by atoms with Crippen molar-refractivity contribution in [2.45, 2.75) is 39.9 Å². The van der Waals surface area contributed by atoms with E-state index in [0.29, 0.717) is 32.3 Å². The number of ether oxygens (including phenoxy) is 2. The molecule has 1 amide bonds. The molecule has 3 rings (SSSR count). The molecule has 0 radical (unpaired) electrons. The normalized spacial score (nSPS) is 10.5. The Bertz CT molecular complexity index is 1090. The molecule has 0 fully saturated rings. The molecule has 4 N–H and O–H groups in total. The number of primary amides is 1. The third-order valence-corrected chi connectivity index (χ3v) is 4.93. The summed E-state index contributed by atoms with van der Waals surface area (Å²) < 4.78 is 11.0. The fourth-order valence-corrected chi connectivity index (χ4v) is 3.55. The lowest BCUT2D eigenvalue weighted by Crippen LogP contribution is -2.11. The molecule has 0 saturated carbocycles. The van der Waals surface area contributed by atoms with Gasteiger partial charge in [-0.25, -0.2) is 9.97 Å². The average molecular weight is 448 g/mol. The number of nitriles is 1. The topological polar surface area (TPSA) is 137 Å². The molecule has 0 spiro atoms. The first-order valence-corrected chi connectivity index (χ1v) is 10.2. The Hall–Kier alpha value is -3.09. The largest absolute Gasteiger partial charge is 0.490 e. The van der Waals surface area contributed by atoms with Crippen molar-refractivity contribution in [3.8, 4) is 17.6 Å². The Balaban J connectivity index is 0.000000222. The smallest absolute Gasteiger partial charge is 0.260 e. The van der Waals surface area contributed by atoms with Crippen LogP contribution < -0.4 is 20.9 Å². The second-order valence-electron chi connectivity index (χ2n) is 6.62. The number of pyridine rings is 2. The predicted molar refractivity (Wildman–Crippen MR) is 118 cm³/mol. The zero-order valence-electron chi connectivity index (χ0n) is 17.0. The highest BCUT2D eigenvalue weighted by atomic mass is 35.5. The Morgan fingerprint density at radius 2 is 1.70 bits per heavy atom. The number of nitrogen functional groups attached to an aromatic ring is 1. The Morgan fingerprint density at radius 1 is 1.13 bits per heavy atom. The lowest BCUT2D eigenvalue weighted by molar-refractivity contribution is 0.100. The second-order valence-corrected chi connectivity index (χ2v) is 7.98. The van der Waals surface area contributed by atoms with E-state index < -0.39 is 5.91 Å². The number of halogens is 1. The number of anilines is 1. The van der Waals surface area contributed by atoms with E-state index in [1.807, 2.05) is 33.8 Å². The van der Waals surface area contributed by atoms with Crippen molar-refractivity contribution in [3.63, 3.8) is 0 Å². The van der Waals surface area contributed by atoms with Gasteiger partial charge in [0.25, 0.3) is 5.91 Å². The maximum Gasteiger partial charge on any atom is 0.260 e. The molecule has 0 bridgehead atoms. The fourth-order valence-electron chi connectivity index (χ4n) is 2.42. The molecular weight excluding hydrogens is 426 g/mol. The van der Waals surface area contributed by atoms with Gasteiger partial charge in [0.2, 0.25) is 0 Å². The fraction of sp³-hybridized carbons (Fsp3) is 0.300. The first-order valence-electron chi connectivity index (χ1n) is 9.00. The van der Waals surface area contributed by atoms with Gasteiger partial charge in [0.05, 0.1) is 23.3 Å². The minimum Gasteiger partial charge on any atom is -0.490 e. The van der Waals surface area contributed by atoms with Crippen LogP contribution in [0.1, 0.15) is 42.9 Å². The van der Waals surface area contributed by atoms with Crippen LogP contribution in [-0.2, 0) is 0 Å². The molecule has 0 aliphatic rings. The SMILES string of the molecule is CC(C)Oc1ccnc(Cl)c1C#N.CC(C)Oc1ccnc2sc(C(N)=O)c(N)c12. The number of nitrogens with two attached hydrogens (primary N) is 2. The molecule has 0 saturated heterocycles. The molecule has 0 aromatic carbocycles. The standard InChI is InChI=1S/C11H13N3O2S.C9H9ClN2O/c1-5(2)16-6-3-4-14-11-7(6)8(12)9(17-11)10(13)15;1-6(2)13-8-3-4-12-9(10)7(8)5-11/h3-5H,12H2,1-2H3,(H2,13,15);3-4,6H,1-2H3. The number of nitrogens with zero attached hydrogens (tertiary/aromatic N) is 3. The predicted octanol–water partition coefficient (Wildman–Crippen LogP) is 4.16. The Morgan fingerprint density at radius 3 is 2.27 bits per heavy atom. The van der Waals surface area contributed by atoms with Gasteiger partial charge in [-0.05, 0) is 39.8 Å². The monoisotopic (exact) mass is 447 g/mol. The molecule has 8 nitrogen and oxygen atoms in total. The number of amides is 1. The maximum atomic E-state index is 11.2. The van der Waals surface area contributed by atoms with Crippen LogP contribution >= 0.6 is 22.9 Å². The van der Waals surface area contributed by atoms with Crippen molar-refractivity contribution < 1.29 is 14.3 Å². The van der Waals surface area contributed by atoms with Crippen LogP contribution in [0.2, 0.25) is 5.15 Å². The van der Waals surface area contributed by atoms with Crippen LogP contribution in [0.25, 0.3) is 10.2 Å². The first-order chi connectivity index (χ1) is 14.1. The number of carbonyl (C=O) groups is 1. The van der Waals surface area contributed by atoms with E-state index in [1.54, 1.807) is 18.3 Å². The van der Waals surface area contributed by atoms with Crippen LogP contribution in [0, 0.1) is 11.3 Å². The van der Waals surface area contributed by atoms with Crippen LogP contribution in [0.15, 0.2) is 24.5 Å². The number of hydrogen-bond donors (Lipinski definition) is 2. The number of aromatic nitrogens is 2. The highest BCUT2D eigenvalue weighted by Crippen LogP contribution is 2.38. The molecule has 3 aromatic rings. The zero-order valence-corrected chi connectivity index (χ0v) is 18.5. The summed E-state index contributed by atoms with van der Waals surface area (Å²) >= 11 is 6.88. The molecule has 3 heterocycles. The molecule has 0 atom stereocenters. The summed E-state index contributed by atoms with van der Waals surface area (Å²) in [6.45, 7) is 7.61. The molecule has 30 heavy (non-hydrogen) atoms. The third-order valence-electron chi connectivity index (χ3n) is 3.52. The van der Waals surface area contributed by atoms with Gasteiger partial charge in [0.15, 0.2) is 5.15 Å². The lowest BCUT2D eigenvalue weighted by Gasteiger charge is -2.10. The van der Waals surface area contributed by atoms with Crippen LogP contribution in [0.4, 0.5) is 5.69 Å². The third kappa shape index (κ3) is 5.49. The van der Waals surface area contributed by atoms with E-state index >= 15 is 0 Å². The van der Waals surface area contributed by atoms with Gasteiger partial charge in [-0.3, -0.25) is 4.79 Å².